The van der Waals surface area contributed by atoms with E-state index in [9.17, 15) is 10.1 Å². The highest BCUT2D eigenvalue weighted by atomic mass is 16.7. The molecule has 1 rings (SSSR count). The van der Waals surface area contributed by atoms with Gasteiger partial charge in [-0.2, -0.15) is 5.10 Å². The summed E-state index contributed by atoms with van der Waals surface area (Å²) in [4.78, 5) is 10.1. The summed E-state index contributed by atoms with van der Waals surface area (Å²) >= 11 is 0. The van der Waals surface area contributed by atoms with Gasteiger partial charge >= 0.3 is 0 Å². The molecule has 1 aromatic heterocycles. The second-order valence-electron chi connectivity index (χ2n) is 2.70. The van der Waals surface area contributed by atoms with Gasteiger partial charge < -0.3 is 0 Å². The topological polar surface area (TPSA) is 99.0 Å². The average molecular weight is 185 g/mol. The first-order valence-electron chi connectivity index (χ1n) is 3.69. The first-order valence-corrected chi connectivity index (χ1v) is 3.69. The van der Waals surface area contributed by atoms with Crippen molar-refractivity contribution in [1.29, 1.82) is 0 Å². The summed E-state index contributed by atoms with van der Waals surface area (Å²) in [7, 11) is 0. The highest BCUT2D eigenvalue weighted by Gasteiger charge is 2.12. The Balaban J connectivity index is 2.81. The Morgan fingerprint density at radius 3 is 2.77 bits per heavy atom. The van der Waals surface area contributed by atoms with Gasteiger partial charge in [0.15, 0.2) is 5.03 Å². The van der Waals surface area contributed by atoms with Crippen molar-refractivity contribution in [1.82, 2.24) is 15.2 Å². The van der Waals surface area contributed by atoms with E-state index in [-0.39, 0.29) is 0 Å². The standard InChI is InChI=1S/C6H11N5O2/c1-4-3-5(2)10(8-4)6(7)9-11(12)13/h3,6,9H,7H2,1-2H3. The van der Waals surface area contributed by atoms with E-state index in [1.165, 1.54) is 4.68 Å². The molecule has 0 bridgehead atoms. The van der Waals surface area contributed by atoms with Gasteiger partial charge in [-0.3, -0.25) is 5.73 Å². The second-order valence-corrected chi connectivity index (χ2v) is 2.70. The predicted octanol–water partition coefficient (Wildman–Crippen LogP) is -0.304. The van der Waals surface area contributed by atoms with E-state index in [1.807, 2.05) is 5.43 Å². The Labute approximate surface area is 74.6 Å². The lowest BCUT2D eigenvalue weighted by Crippen LogP contribution is -2.38. The van der Waals surface area contributed by atoms with Gasteiger partial charge in [0.1, 0.15) is 0 Å². The van der Waals surface area contributed by atoms with E-state index in [2.05, 4.69) is 5.10 Å². The Kier molecular flexibility index (Phi) is 2.47. The molecule has 0 radical (unpaired) electrons. The van der Waals surface area contributed by atoms with Crippen LogP contribution in [0.5, 0.6) is 0 Å². The number of aromatic nitrogens is 2. The van der Waals surface area contributed by atoms with Crippen molar-refractivity contribution in [3.8, 4) is 0 Å². The molecule has 13 heavy (non-hydrogen) atoms. The number of nitrogens with zero attached hydrogens (tertiary/aromatic N) is 3. The van der Waals surface area contributed by atoms with Crippen molar-refractivity contribution in [2.45, 2.75) is 20.1 Å². The third-order valence-corrected chi connectivity index (χ3v) is 1.55. The number of nitrogens with one attached hydrogen (secondary N) is 1. The smallest absolute Gasteiger partial charge is 0.228 e. The van der Waals surface area contributed by atoms with Crippen LogP contribution in [0, 0.1) is 24.0 Å². The van der Waals surface area contributed by atoms with Gasteiger partial charge in [-0.15, -0.1) is 5.43 Å². The largest absolute Gasteiger partial charge is 0.288 e. The average Bonchev–Trinajstić information content (AvgIpc) is 2.28. The minimum absolute atomic E-state index is 0.693. The molecule has 7 nitrogen and oxygen atoms in total. The van der Waals surface area contributed by atoms with Gasteiger partial charge in [-0.25, -0.2) is 14.8 Å². The molecule has 1 aromatic rings. The highest BCUT2D eigenvalue weighted by molar-refractivity contribution is 5.06. The zero-order chi connectivity index (χ0) is 10.0. The Morgan fingerprint density at radius 1 is 1.77 bits per heavy atom. The fraction of sp³-hybridized carbons (Fsp3) is 0.500. The summed E-state index contributed by atoms with van der Waals surface area (Å²) in [5.41, 5.74) is 8.92. The van der Waals surface area contributed by atoms with E-state index >= 15 is 0 Å². The Hall–Kier alpha value is -1.63. The normalized spacial score (nSPS) is 12.5. The van der Waals surface area contributed by atoms with Crippen molar-refractivity contribution in [3.63, 3.8) is 0 Å². The summed E-state index contributed by atoms with van der Waals surface area (Å²) < 4.78 is 1.36. The van der Waals surface area contributed by atoms with Crippen LogP contribution in [0.15, 0.2) is 6.07 Å². The molecule has 0 aromatic carbocycles. The second kappa shape index (κ2) is 3.40. The maximum Gasteiger partial charge on any atom is 0.228 e. The summed E-state index contributed by atoms with van der Waals surface area (Å²) in [6.45, 7) is 3.57. The van der Waals surface area contributed by atoms with E-state index in [1.54, 1.807) is 19.9 Å². The van der Waals surface area contributed by atoms with Crippen LogP contribution >= 0.6 is 0 Å². The zero-order valence-electron chi connectivity index (χ0n) is 7.39. The van der Waals surface area contributed by atoms with Crippen LogP contribution < -0.4 is 11.2 Å². The minimum Gasteiger partial charge on any atom is -0.288 e. The number of rotatable bonds is 3. The van der Waals surface area contributed by atoms with Gasteiger partial charge in [-0.1, -0.05) is 0 Å². The molecule has 7 heteroatoms. The SMILES string of the molecule is Cc1cc(C)n(C(N)N[N+](=O)[O-])n1. The molecule has 72 valence electrons. The van der Waals surface area contributed by atoms with E-state index in [0.717, 1.165) is 11.4 Å². The van der Waals surface area contributed by atoms with Crippen LogP contribution in [0.3, 0.4) is 0 Å². The van der Waals surface area contributed by atoms with Crippen LogP contribution in [0.4, 0.5) is 0 Å². The summed E-state index contributed by atoms with van der Waals surface area (Å²) in [5, 5.41) is 13.4. The molecule has 0 amide bonds. The van der Waals surface area contributed by atoms with E-state index in [0.29, 0.717) is 0 Å². The van der Waals surface area contributed by atoms with Gasteiger partial charge in [0.05, 0.1) is 5.69 Å². The maximum atomic E-state index is 10.1. The third kappa shape index (κ3) is 2.15. The number of hydrogen-bond acceptors (Lipinski definition) is 4. The van der Waals surface area contributed by atoms with Crippen LogP contribution in [0.1, 0.15) is 17.7 Å². The van der Waals surface area contributed by atoms with Crippen molar-refractivity contribution >= 4 is 0 Å². The number of hydrazine groups is 1. The molecule has 1 unspecified atom stereocenters. The van der Waals surface area contributed by atoms with Crippen molar-refractivity contribution in [2.75, 3.05) is 0 Å². The van der Waals surface area contributed by atoms with Crippen LogP contribution in [-0.2, 0) is 0 Å². The molecule has 0 aliphatic carbocycles. The fourth-order valence-electron chi connectivity index (χ4n) is 1.09. The summed E-state index contributed by atoms with van der Waals surface area (Å²) in [6, 6.07) is 1.79. The first kappa shape index (κ1) is 9.46. The van der Waals surface area contributed by atoms with Gasteiger partial charge in [0.2, 0.25) is 6.29 Å². The van der Waals surface area contributed by atoms with Gasteiger partial charge in [0, 0.05) is 5.69 Å². The van der Waals surface area contributed by atoms with E-state index in [4.69, 9.17) is 5.73 Å². The van der Waals surface area contributed by atoms with E-state index < -0.39 is 11.3 Å². The molecule has 3 N–H and O–H groups in total. The van der Waals surface area contributed by atoms with Crippen molar-refractivity contribution in [2.24, 2.45) is 5.73 Å². The number of nitrogens with two attached hydrogens (primary N) is 1. The molecular weight excluding hydrogens is 174 g/mol. The van der Waals surface area contributed by atoms with Crippen LogP contribution in [0.25, 0.3) is 0 Å². The lowest BCUT2D eigenvalue weighted by atomic mass is 10.4. The Bertz CT molecular complexity index is 321. The quantitative estimate of drug-likeness (QED) is 0.382. The molecule has 0 fully saturated rings. The lowest BCUT2D eigenvalue weighted by Gasteiger charge is -2.09. The molecule has 0 saturated carbocycles. The number of nitro groups is 1. The first-order chi connectivity index (χ1) is 6.00. The van der Waals surface area contributed by atoms with Gasteiger partial charge in [0.25, 0.3) is 0 Å². The molecule has 0 saturated heterocycles. The minimum atomic E-state index is -0.927. The summed E-state index contributed by atoms with van der Waals surface area (Å²) in [6.07, 6.45) is -0.927. The Morgan fingerprint density at radius 2 is 2.38 bits per heavy atom. The van der Waals surface area contributed by atoms with Crippen LogP contribution in [0.2, 0.25) is 0 Å². The molecule has 0 aliphatic rings. The van der Waals surface area contributed by atoms with Gasteiger partial charge in [-0.05, 0) is 19.9 Å². The predicted molar refractivity (Wildman–Crippen MR) is 45.1 cm³/mol. The number of hydrogen-bond donors (Lipinski definition) is 2. The molecule has 1 heterocycles. The van der Waals surface area contributed by atoms with Crippen molar-refractivity contribution < 1.29 is 5.03 Å². The number of aryl methyl sites for hydroxylation is 2. The zero-order valence-corrected chi connectivity index (χ0v) is 7.39. The lowest BCUT2D eigenvalue weighted by molar-refractivity contribution is -0.556. The molecule has 1 atom stereocenters. The van der Waals surface area contributed by atoms with Crippen molar-refractivity contribution in [3.05, 3.63) is 27.6 Å². The molecule has 0 spiro atoms. The maximum absolute atomic E-state index is 10.1. The highest BCUT2D eigenvalue weighted by Crippen LogP contribution is 2.04. The summed E-state index contributed by atoms with van der Waals surface area (Å²) in [5.74, 6) is 0. The molecular formula is C6H11N5O2. The third-order valence-electron chi connectivity index (χ3n) is 1.55. The monoisotopic (exact) mass is 185 g/mol. The molecule has 0 aliphatic heterocycles. The van der Waals surface area contributed by atoms with Crippen LogP contribution in [-0.4, -0.2) is 14.8 Å². The fourth-order valence-corrected chi connectivity index (χ4v) is 1.09.